The number of halogens is 1. The normalized spacial score (nSPS) is 14.0. The third-order valence-corrected chi connectivity index (χ3v) is 3.93. The summed E-state index contributed by atoms with van der Waals surface area (Å²) in [7, 11) is 0. The van der Waals surface area contributed by atoms with Crippen LogP contribution in [0.4, 0.5) is 5.82 Å². The summed E-state index contributed by atoms with van der Waals surface area (Å²) in [6.07, 6.45) is 2.24. The van der Waals surface area contributed by atoms with E-state index in [2.05, 4.69) is 20.6 Å². The number of aromatic nitrogens is 4. The van der Waals surface area contributed by atoms with Crippen molar-refractivity contribution in [2.75, 3.05) is 6.54 Å². The molecule has 0 aliphatic heterocycles. The van der Waals surface area contributed by atoms with Crippen LogP contribution < -0.4 is 5.32 Å². The molecular weight excluding hydrogens is 328 g/mol. The van der Waals surface area contributed by atoms with Gasteiger partial charge in [0.05, 0.1) is 10.8 Å². The quantitative estimate of drug-likeness (QED) is 0.620. The van der Waals surface area contributed by atoms with E-state index >= 15 is 0 Å². The molecule has 1 N–H and O–H groups in total. The van der Waals surface area contributed by atoms with Gasteiger partial charge in [-0.25, -0.2) is 0 Å². The van der Waals surface area contributed by atoms with Crippen LogP contribution in [-0.4, -0.2) is 37.3 Å². The molecule has 2 aromatic rings. The fourth-order valence-corrected chi connectivity index (χ4v) is 2.16. The SMILES string of the molecule is Cc1c(Cl)c([N+](=O)[O-])nn1Cc1noc(C(=O)NCC2CC2)n1. The highest BCUT2D eigenvalue weighted by Gasteiger charge is 2.26. The lowest BCUT2D eigenvalue weighted by molar-refractivity contribution is -0.389. The standard InChI is InChI=1S/C12H13ClN6O4/c1-6-9(13)10(19(21)22)16-18(6)5-8-15-12(23-17-8)11(20)14-4-7-2-3-7/h7H,2-5H2,1H3,(H,14,20). The van der Waals surface area contributed by atoms with Crippen molar-refractivity contribution < 1.29 is 14.2 Å². The largest absolute Gasteiger partial charge is 0.408 e. The summed E-state index contributed by atoms with van der Waals surface area (Å²) in [4.78, 5) is 25.9. The molecule has 1 aliphatic rings. The Balaban J connectivity index is 1.70. The smallest absolute Gasteiger partial charge is 0.358 e. The first-order valence-corrected chi connectivity index (χ1v) is 7.31. The molecule has 0 spiro atoms. The zero-order chi connectivity index (χ0) is 16.6. The summed E-state index contributed by atoms with van der Waals surface area (Å²) in [6.45, 7) is 2.20. The van der Waals surface area contributed by atoms with E-state index in [1.165, 1.54) is 4.68 Å². The summed E-state index contributed by atoms with van der Waals surface area (Å²) in [5.41, 5.74) is 0.405. The molecule has 1 fully saturated rings. The van der Waals surface area contributed by atoms with Crippen LogP contribution in [0, 0.1) is 23.0 Å². The van der Waals surface area contributed by atoms with E-state index in [0.717, 1.165) is 12.8 Å². The third kappa shape index (κ3) is 3.31. The van der Waals surface area contributed by atoms with Crippen molar-refractivity contribution in [2.24, 2.45) is 5.92 Å². The fourth-order valence-electron chi connectivity index (χ4n) is 1.96. The number of rotatable bonds is 6. The number of nitro groups is 1. The average molecular weight is 341 g/mol. The number of nitrogens with zero attached hydrogens (tertiary/aromatic N) is 5. The van der Waals surface area contributed by atoms with Gasteiger partial charge in [-0.1, -0.05) is 16.8 Å². The Labute approximate surface area is 134 Å². The van der Waals surface area contributed by atoms with Gasteiger partial charge < -0.3 is 20.0 Å². The first-order valence-electron chi connectivity index (χ1n) is 6.93. The van der Waals surface area contributed by atoms with Crippen LogP contribution in [0.5, 0.6) is 0 Å². The third-order valence-electron chi connectivity index (χ3n) is 3.49. The predicted molar refractivity (Wildman–Crippen MR) is 77.1 cm³/mol. The molecule has 2 aromatic heterocycles. The second-order valence-corrected chi connectivity index (χ2v) is 5.68. The number of hydrogen-bond acceptors (Lipinski definition) is 7. The minimum atomic E-state index is -0.668. The Morgan fingerprint density at radius 3 is 2.91 bits per heavy atom. The van der Waals surface area contributed by atoms with E-state index in [1.807, 2.05) is 0 Å². The number of amides is 1. The highest BCUT2D eigenvalue weighted by molar-refractivity contribution is 6.33. The number of hydrogen-bond donors (Lipinski definition) is 1. The van der Waals surface area contributed by atoms with E-state index in [0.29, 0.717) is 18.2 Å². The van der Waals surface area contributed by atoms with E-state index in [-0.39, 0.29) is 23.3 Å². The van der Waals surface area contributed by atoms with Crippen LogP contribution in [-0.2, 0) is 6.54 Å². The molecule has 122 valence electrons. The van der Waals surface area contributed by atoms with Crippen molar-refractivity contribution in [2.45, 2.75) is 26.3 Å². The molecule has 0 radical (unpaired) electrons. The summed E-state index contributed by atoms with van der Waals surface area (Å²) >= 11 is 5.85. The maximum absolute atomic E-state index is 11.8. The topological polar surface area (TPSA) is 129 Å². The molecule has 1 aliphatic carbocycles. The van der Waals surface area contributed by atoms with Crippen LogP contribution in [0.15, 0.2) is 4.52 Å². The molecule has 0 aromatic carbocycles. The summed E-state index contributed by atoms with van der Waals surface area (Å²) in [5, 5.41) is 20.9. The maximum Gasteiger partial charge on any atom is 0.408 e. The maximum atomic E-state index is 11.8. The Hall–Kier alpha value is -2.49. The Morgan fingerprint density at radius 2 is 2.30 bits per heavy atom. The zero-order valence-electron chi connectivity index (χ0n) is 12.2. The second kappa shape index (κ2) is 5.95. The molecule has 2 heterocycles. The van der Waals surface area contributed by atoms with Gasteiger partial charge in [0.1, 0.15) is 6.54 Å². The molecule has 1 amide bonds. The lowest BCUT2D eigenvalue weighted by atomic mass is 10.4. The highest BCUT2D eigenvalue weighted by Crippen LogP contribution is 2.28. The number of nitrogens with one attached hydrogen (secondary N) is 1. The average Bonchev–Trinajstić information content (AvgIpc) is 3.16. The Morgan fingerprint density at radius 1 is 1.57 bits per heavy atom. The van der Waals surface area contributed by atoms with Crippen molar-refractivity contribution in [3.8, 4) is 0 Å². The van der Waals surface area contributed by atoms with Gasteiger partial charge in [0.15, 0.2) is 10.8 Å². The number of carbonyl (C=O) groups excluding carboxylic acids is 1. The van der Waals surface area contributed by atoms with E-state index in [4.69, 9.17) is 16.1 Å². The molecule has 0 atom stereocenters. The van der Waals surface area contributed by atoms with E-state index < -0.39 is 16.6 Å². The second-order valence-electron chi connectivity index (χ2n) is 5.31. The first kappa shape index (κ1) is 15.4. The minimum absolute atomic E-state index is 0.0127. The summed E-state index contributed by atoms with van der Waals surface area (Å²) in [5.74, 6) is -0.299. The van der Waals surface area contributed by atoms with Gasteiger partial charge in [-0.2, -0.15) is 9.67 Å². The monoisotopic (exact) mass is 340 g/mol. The lowest BCUT2D eigenvalue weighted by Crippen LogP contribution is -2.25. The molecule has 10 nitrogen and oxygen atoms in total. The molecular formula is C12H13ClN6O4. The molecule has 3 rings (SSSR count). The van der Waals surface area contributed by atoms with Gasteiger partial charge in [0.25, 0.3) is 0 Å². The predicted octanol–water partition coefficient (Wildman–Crippen LogP) is 1.32. The van der Waals surface area contributed by atoms with Crippen LogP contribution in [0.2, 0.25) is 5.02 Å². The van der Waals surface area contributed by atoms with Crippen molar-refractivity contribution in [1.82, 2.24) is 25.2 Å². The van der Waals surface area contributed by atoms with Gasteiger partial charge in [-0.05, 0) is 30.6 Å². The molecule has 11 heteroatoms. The lowest BCUT2D eigenvalue weighted by Gasteiger charge is -1.98. The Bertz CT molecular complexity index is 766. The van der Waals surface area contributed by atoms with E-state index in [9.17, 15) is 14.9 Å². The number of carbonyl (C=O) groups is 1. The van der Waals surface area contributed by atoms with Crippen LogP contribution in [0.25, 0.3) is 0 Å². The fraction of sp³-hybridized carbons (Fsp3) is 0.500. The minimum Gasteiger partial charge on any atom is -0.358 e. The van der Waals surface area contributed by atoms with Gasteiger partial charge in [-0.3, -0.25) is 4.79 Å². The zero-order valence-corrected chi connectivity index (χ0v) is 12.9. The van der Waals surface area contributed by atoms with Gasteiger partial charge in [0.2, 0.25) is 0 Å². The molecule has 1 saturated carbocycles. The molecule has 0 bridgehead atoms. The summed E-state index contributed by atoms with van der Waals surface area (Å²) < 4.78 is 6.18. The van der Waals surface area contributed by atoms with Gasteiger partial charge in [-0.15, -0.1) is 0 Å². The van der Waals surface area contributed by atoms with Crippen molar-refractivity contribution in [1.29, 1.82) is 0 Å². The van der Waals surface area contributed by atoms with Crippen LogP contribution >= 0.6 is 11.6 Å². The highest BCUT2D eigenvalue weighted by atomic mass is 35.5. The van der Waals surface area contributed by atoms with Crippen molar-refractivity contribution in [3.05, 3.63) is 32.5 Å². The Kier molecular flexibility index (Phi) is 3.99. The van der Waals surface area contributed by atoms with Crippen LogP contribution in [0.1, 0.15) is 35.0 Å². The van der Waals surface area contributed by atoms with Gasteiger partial charge >= 0.3 is 17.6 Å². The van der Waals surface area contributed by atoms with E-state index in [1.54, 1.807) is 6.92 Å². The first-order chi connectivity index (χ1) is 11.0. The van der Waals surface area contributed by atoms with Crippen LogP contribution in [0.3, 0.4) is 0 Å². The van der Waals surface area contributed by atoms with Gasteiger partial charge in [0, 0.05) is 6.54 Å². The van der Waals surface area contributed by atoms with Crippen molar-refractivity contribution in [3.63, 3.8) is 0 Å². The van der Waals surface area contributed by atoms with Crippen molar-refractivity contribution >= 4 is 23.3 Å². The molecule has 23 heavy (non-hydrogen) atoms. The molecule has 0 saturated heterocycles. The molecule has 0 unspecified atom stereocenters. The summed E-state index contributed by atoms with van der Waals surface area (Å²) in [6, 6.07) is 0.